The third-order valence-corrected chi connectivity index (χ3v) is 3.60. The maximum atomic E-state index is 12.9. The van der Waals surface area contributed by atoms with E-state index in [1.54, 1.807) is 24.1 Å². The first-order chi connectivity index (χ1) is 9.95. The zero-order chi connectivity index (χ0) is 15.4. The van der Waals surface area contributed by atoms with E-state index >= 15 is 0 Å². The first-order valence-corrected chi connectivity index (χ1v) is 7.28. The Labute approximate surface area is 131 Å². The number of amides is 1. The van der Waals surface area contributed by atoms with Crippen LogP contribution in [0, 0.1) is 12.7 Å². The molecule has 1 amide bonds. The van der Waals surface area contributed by atoms with Gasteiger partial charge in [0.25, 0.3) is 0 Å². The predicted molar refractivity (Wildman–Crippen MR) is 87.2 cm³/mol. The summed E-state index contributed by atoms with van der Waals surface area (Å²) in [6, 6.07) is 11.7. The number of nitrogens with one attached hydrogen (secondary N) is 1. The molecule has 0 aliphatic carbocycles. The summed E-state index contributed by atoms with van der Waals surface area (Å²) in [5.41, 5.74) is 2.57. The summed E-state index contributed by atoms with van der Waals surface area (Å²) in [6.07, 6.45) is 0. The molecule has 0 radical (unpaired) electrons. The fourth-order valence-corrected chi connectivity index (χ4v) is 2.43. The van der Waals surface area contributed by atoms with Gasteiger partial charge >= 0.3 is 0 Å². The average molecular weight is 351 g/mol. The number of likely N-dealkylation sites (N-methyl/N-ethyl adjacent to an activating group) is 1. The summed E-state index contributed by atoms with van der Waals surface area (Å²) >= 11 is 3.39. The molecule has 0 saturated heterocycles. The molecule has 0 aromatic heterocycles. The lowest BCUT2D eigenvalue weighted by Crippen LogP contribution is -2.30. The van der Waals surface area contributed by atoms with E-state index in [-0.39, 0.29) is 18.3 Å². The highest BCUT2D eigenvalue weighted by atomic mass is 79.9. The molecule has 2 rings (SSSR count). The Kier molecular flexibility index (Phi) is 4.96. The van der Waals surface area contributed by atoms with Crippen LogP contribution < -0.4 is 10.2 Å². The van der Waals surface area contributed by atoms with Crippen LogP contribution in [0.5, 0.6) is 0 Å². The number of rotatable bonds is 4. The minimum Gasteiger partial charge on any atom is -0.365 e. The number of carbonyl (C=O) groups excluding carboxylic acids is 1. The van der Waals surface area contributed by atoms with E-state index in [2.05, 4.69) is 21.2 Å². The lowest BCUT2D eigenvalue weighted by atomic mass is 10.2. The maximum absolute atomic E-state index is 12.9. The van der Waals surface area contributed by atoms with Crippen LogP contribution in [0.15, 0.2) is 46.9 Å². The average Bonchev–Trinajstić information content (AvgIpc) is 2.42. The van der Waals surface area contributed by atoms with Crippen LogP contribution in [-0.2, 0) is 4.79 Å². The van der Waals surface area contributed by atoms with Crippen molar-refractivity contribution in [3.8, 4) is 0 Å². The summed E-state index contributed by atoms with van der Waals surface area (Å²) in [6.45, 7) is 2.13. The van der Waals surface area contributed by atoms with Crippen molar-refractivity contribution in [2.75, 3.05) is 23.8 Å². The highest BCUT2D eigenvalue weighted by Gasteiger charge is 2.09. The summed E-state index contributed by atoms with van der Waals surface area (Å²) in [7, 11) is 1.79. The second-order valence-corrected chi connectivity index (χ2v) is 5.76. The molecule has 0 fully saturated rings. The number of hydrogen-bond acceptors (Lipinski definition) is 2. The number of halogens is 2. The Bertz CT molecular complexity index is 643. The number of nitrogens with zero attached hydrogens (tertiary/aromatic N) is 1. The van der Waals surface area contributed by atoms with Gasteiger partial charge in [0, 0.05) is 22.9 Å². The van der Waals surface area contributed by atoms with Gasteiger partial charge < -0.3 is 10.2 Å². The van der Waals surface area contributed by atoms with E-state index < -0.39 is 0 Å². The SMILES string of the molecule is Cc1cc(Br)ccc1NC(=O)CN(C)c1ccc(F)cc1. The third-order valence-electron chi connectivity index (χ3n) is 3.11. The standard InChI is InChI=1S/C16H16BrFN2O/c1-11-9-12(17)3-8-15(11)19-16(21)10-20(2)14-6-4-13(18)5-7-14/h3-9H,10H2,1-2H3,(H,19,21). The van der Waals surface area contributed by atoms with Gasteiger partial charge in [0.2, 0.25) is 5.91 Å². The van der Waals surface area contributed by atoms with Gasteiger partial charge in [-0.25, -0.2) is 4.39 Å². The van der Waals surface area contributed by atoms with Gasteiger partial charge in [-0.3, -0.25) is 4.79 Å². The van der Waals surface area contributed by atoms with Gasteiger partial charge in [-0.15, -0.1) is 0 Å². The topological polar surface area (TPSA) is 32.3 Å². The Balaban J connectivity index is 1.99. The summed E-state index contributed by atoms with van der Waals surface area (Å²) < 4.78 is 13.8. The number of anilines is 2. The van der Waals surface area contributed by atoms with Gasteiger partial charge in [-0.2, -0.15) is 0 Å². The van der Waals surface area contributed by atoms with Crippen LogP contribution in [0.3, 0.4) is 0 Å². The van der Waals surface area contributed by atoms with E-state index in [0.29, 0.717) is 0 Å². The first kappa shape index (κ1) is 15.5. The van der Waals surface area contributed by atoms with E-state index in [1.807, 2.05) is 25.1 Å². The molecule has 0 unspecified atom stereocenters. The van der Waals surface area contributed by atoms with Crippen LogP contribution in [0.1, 0.15) is 5.56 Å². The van der Waals surface area contributed by atoms with Crippen molar-refractivity contribution >= 4 is 33.2 Å². The fraction of sp³-hybridized carbons (Fsp3) is 0.188. The number of carbonyl (C=O) groups is 1. The minimum absolute atomic E-state index is 0.118. The van der Waals surface area contributed by atoms with Crippen LogP contribution in [0.4, 0.5) is 15.8 Å². The van der Waals surface area contributed by atoms with Crippen molar-refractivity contribution in [2.24, 2.45) is 0 Å². The van der Waals surface area contributed by atoms with Crippen molar-refractivity contribution in [1.82, 2.24) is 0 Å². The molecule has 110 valence electrons. The largest absolute Gasteiger partial charge is 0.365 e. The summed E-state index contributed by atoms with van der Waals surface area (Å²) in [5, 5.41) is 2.87. The lowest BCUT2D eigenvalue weighted by Gasteiger charge is -2.19. The van der Waals surface area contributed by atoms with E-state index in [1.165, 1.54) is 12.1 Å². The molecule has 21 heavy (non-hydrogen) atoms. The molecule has 0 atom stereocenters. The van der Waals surface area contributed by atoms with Crippen molar-refractivity contribution in [3.63, 3.8) is 0 Å². The molecule has 3 nitrogen and oxygen atoms in total. The van der Waals surface area contributed by atoms with Gasteiger partial charge in [0.05, 0.1) is 6.54 Å². The van der Waals surface area contributed by atoms with Crippen LogP contribution in [0.25, 0.3) is 0 Å². The molecule has 1 N–H and O–H groups in total. The molecule has 0 aliphatic heterocycles. The van der Waals surface area contributed by atoms with Crippen molar-refractivity contribution in [3.05, 3.63) is 58.3 Å². The number of aryl methyl sites for hydroxylation is 1. The fourth-order valence-electron chi connectivity index (χ4n) is 1.96. The Hall–Kier alpha value is -1.88. The molecule has 0 bridgehead atoms. The Morgan fingerprint density at radius 2 is 1.90 bits per heavy atom. The molecule has 2 aromatic rings. The molecule has 2 aromatic carbocycles. The van der Waals surface area contributed by atoms with Crippen molar-refractivity contribution in [2.45, 2.75) is 6.92 Å². The number of benzene rings is 2. The third kappa shape index (κ3) is 4.29. The van der Waals surface area contributed by atoms with Crippen LogP contribution >= 0.6 is 15.9 Å². The number of hydrogen-bond donors (Lipinski definition) is 1. The van der Waals surface area contributed by atoms with Crippen LogP contribution in [0.2, 0.25) is 0 Å². The maximum Gasteiger partial charge on any atom is 0.243 e. The summed E-state index contributed by atoms with van der Waals surface area (Å²) in [4.78, 5) is 13.8. The second-order valence-electron chi connectivity index (χ2n) is 4.84. The zero-order valence-electron chi connectivity index (χ0n) is 11.9. The monoisotopic (exact) mass is 350 g/mol. The van der Waals surface area contributed by atoms with Gasteiger partial charge in [0.15, 0.2) is 0 Å². The molecular weight excluding hydrogens is 335 g/mol. The molecule has 5 heteroatoms. The first-order valence-electron chi connectivity index (χ1n) is 6.48. The molecule has 0 spiro atoms. The molecule has 0 heterocycles. The molecular formula is C16H16BrFN2O. The molecule has 0 saturated carbocycles. The van der Waals surface area contributed by atoms with Crippen molar-refractivity contribution < 1.29 is 9.18 Å². The van der Waals surface area contributed by atoms with Gasteiger partial charge in [0.1, 0.15) is 5.82 Å². The van der Waals surface area contributed by atoms with E-state index in [0.717, 1.165) is 21.4 Å². The zero-order valence-corrected chi connectivity index (χ0v) is 13.4. The van der Waals surface area contributed by atoms with Gasteiger partial charge in [-0.05, 0) is 55.0 Å². The molecule has 0 aliphatic rings. The Morgan fingerprint density at radius 1 is 1.24 bits per heavy atom. The predicted octanol–water partition coefficient (Wildman–Crippen LogP) is 3.97. The lowest BCUT2D eigenvalue weighted by molar-refractivity contribution is -0.114. The van der Waals surface area contributed by atoms with E-state index in [4.69, 9.17) is 0 Å². The highest BCUT2D eigenvalue weighted by molar-refractivity contribution is 9.10. The van der Waals surface area contributed by atoms with Crippen molar-refractivity contribution in [1.29, 1.82) is 0 Å². The van der Waals surface area contributed by atoms with Crippen LogP contribution in [-0.4, -0.2) is 19.5 Å². The highest BCUT2D eigenvalue weighted by Crippen LogP contribution is 2.20. The second kappa shape index (κ2) is 6.72. The quantitative estimate of drug-likeness (QED) is 0.904. The normalized spacial score (nSPS) is 10.3. The summed E-state index contributed by atoms with van der Waals surface area (Å²) in [5.74, 6) is -0.408. The smallest absolute Gasteiger partial charge is 0.243 e. The van der Waals surface area contributed by atoms with E-state index in [9.17, 15) is 9.18 Å². The Morgan fingerprint density at radius 3 is 2.52 bits per heavy atom. The van der Waals surface area contributed by atoms with Gasteiger partial charge in [-0.1, -0.05) is 15.9 Å². The minimum atomic E-state index is -0.290.